The highest BCUT2D eigenvalue weighted by Gasteiger charge is 2.50. The zero-order valence-electron chi connectivity index (χ0n) is 10.7. The summed E-state index contributed by atoms with van der Waals surface area (Å²) in [6.07, 6.45) is 2.32. The normalized spacial score (nSPS) is 34.1. The molecule has 18 heavy (non-hydrogen) atoms. The van der Waals surface area contributed by atoms with Crippen molar-refractivity contribution in [3.05, 3.63) is 0 Å². The number of likely N-dealkylation sites (tertiary alicyclic amines) is 2. The van der Waals surface area contributed by atoms with Crippen LogP contribution in [0.4, 0.5) is 0 Å². The van der Waals surface area contributed by atoms with Gasteiger partial charge in [0.05, 0.1) is 12.5 Å². The molecule has 0 aromatic rings. The summed E-state index contributed by atoms with van der Waals surface area (Å²) in [6, 6.07) is -0.608. The zero-order chi connectivity index (χ0) is 13.5. The van der Waals surface area contributed by atoms with Gasteiger partial charge >= 0.3 is 5.97 Å². The van der Waals surface area contributed by atoms with Gasteiger partial charge < -0.3 is 5.11 Å². The standard InChI is InChI=1S/C12H18N2O4/c1-12(11(17)18)5-3-4-6-14(12)8-7-9(15)13(2)10(8)16/h8H,3-7H2,1-2H3,(H,17,18). The van der Waals surface area contributed by atoms with Crippen molar-refractivity contribution in [2.75, 3.05) is 13.6 Å². The number of aliphatic carboxylic acids is 1. The molecule has 0 bridgehead atoms. The van der Waals surface area contributed by atoms with Gasteiger partial charge in [-0.15, -0.1) is 0 Å². The molecular weight excluding hydrogens is 236 g/mol. The highest BCUT2D eigenvalue weighted by atomic mass is 16.4. The lowest BCUT2D eigenvalue weighted by molar-refractivity contribution is -0.156. The van der Waals surface area contributed by atoms with Gasteiger partial charge in [-0.05, 0) is 26.2 Å². The summed E-state index contributed by atoms with van der Waals surface area (Å²) in [7, 11) is 1.45. The Balaban J connectivity index is 2.28. The largest absolute Gasteiger partial charge is 0.480 e. The average Bonchev–Trinajstić information content (AvgIpc) is 2.57. The van der Waals surface area contributed by atoms with E-state index in [0.29, 0.717) is 13.0 Å². The Kier molecular flexibility index (Phi) is 3.14. The molecule has 2 rings (SSSR count). The lowest BCUT2D eigenvalue weighted by Crippen LogP contribution is -2.60. The first-order valence-electron chi connectivity index (χ1n) is 6.18. The fourth-order valence-electron chi connectivity index (χ4n) is 2.85. The first kappa shape index (κ1) is 13.0. The Labute approximate surface area is 106 Å². The summed E-state index contributed by atoms with van der Waals surface area (Å²) in [5, 5.41) is 9.39. The minimum Gasteiger partial charge on any atom is -0.480 e. The minimum absolute atomic E-state index is 0.0954. The molecule has 100 valence electrons. The van der Waals surface area contributed by atoms with Gasteiger partial charge in [-0.2, -0.15) is 0 Å². The molecule has 2 saturated heterocycles. The van der Waals surface area contributed by atoms with Gasteiger partial charge in [-0.3, -0.25) is 24.2 Å². The SMILES string of the molecule is CN1C(=O)CC(N2CCCCC2(C)C(=O)O)C1=O. The Morgan fingerprint density at radius 3 is 2.56 bits per heavy atom. The molecule has 2 aliphatic rings. The van der Waals surface area contributed by atoms with Crippen LogP contribution in [0.25, 0.3) is 0 Å². The minimum atomic E-state index is -1.04. The van der Waals surface area contributed by atoms with Crippen LogP contribution in [0.15, 0.2) is 0 Å². The molecule has 2 fully saturated rings. The first-order chi connectivity index (χ1) is 8.38. The summed E-state index contributed by atoms with van der Waals surface area (Å²) in [5.41, 5.74) is -1.04. The monoisotopic (exact) mass is 254 g/mol. The van der Waals surface area contributed by atoms with Crippen LogP contribution in [-0.2, 0) is 14.4 Å². The number of amides is 2. The van der Waals surface area contributed by atoms with Crippen LogP contribution in [0, 0.1) is 0 Å². The molecule has 2 amide bonds. The molecule has 2 aliphatic heterocycles. The maximum atomic E-state index is 12.0. The predicted molar refractivity (Wildman–Crippen MR) is 62.8 cm³/mol. The summed E-state index contributed by atoms with van der Waals surface area (Å²) >= 11 is 0. The molecule has 0 aliphatic carbocycles. The third kappa shape index (κ3) is 1.80. The van der Waals surface area contributed by atoms with Crippen molar-refractivity contribution >= 4 is 17.8 Å². The van der Waals surface area contributed by atoms with Gasteiger partial charge in [-0.1, -0.05) is 0 Å². The van der Waals surface area contributed by atoms with Crippen LogP contribution in [0.5, 0.6) is 0 Å². The summed E-state index contributed by atoms with van der Waals surface area (Å²) in [4.78, 5) is 37.8. The summed E-state index contributed by atoms with van der Waals surface area (Å²) in [6.45, 7) is 2.20. The van der Waals surface area contributed by atoms with E-state index in [9.17, 15) is 19.5 Å². The highest BCUT2D eigenvalue weighted by molar-refractivity contribution is 6.05. The lowest BCUT2D eigenvalue weighted by atomic mass is 9.86. The number of piperidine rings is 1. The molecule has 2 heterocycles. The van der Waals surface area contributed by atoms with Crippen molar-refractivity contribution in [1.29, 1.82) is 0 Å². The topological polar surface area (TPSA) is 77.9 Å². The van der Waals surface area contributed by atoms with E-state index in [1.54, 1.807) is 11.8 Å². The third-order valence-electron chi connectivity index (χ3n) is 4.14. The predicted octanol–water partition coefficient (Wildman–Crippen LogP) is 0.0729. The number of likely N-dealkylation sites (N-methyl/N-ethyl adjacent to an activating group) is 1. The second-order valence-corrected chi connectivity index (χ2v) is 5.24. The molecule has 6 nitrogen and oxygen atoms in total. The number of rotatable bonds is 2. The van der Waals surface area contributed by atoms with Gasteiger partial charge in [0.2, 0.25) is 11.8 Å². The van der Waals surface area contributed by atoms with Gasteiger partial charge in [0.15, 0.2) is 0 Å². The third-order valence-corrected chi connectivity index (χ3v) is 4.14. The van der Waals surface area contributed by atoms with E-state index in [1.807, 2.05) is 0 Å². The average molecular weight is 254 g/mol. The van der Waals surface area contributed by atoms with Crippen molar-refractivity contribution in [2.45, 2.75) is 44.2 Å². The summed E-state index contributed by atoms with van der Waals surface area (Å²) in [5.74, 6) is -1.44. The Morgan fingerprint density at radius 1 is 1.39 bits per heavy atom. The van der Waals surface area contributed by atoms with E-state index in [4.69, 9.17) is 0 Å². The molecule has 6 heteroatoms. The van der Waals surface area contributed by atoms with Gasteiger partial charge in [0, 0.05) is 13.6 Å². The molecule has 0 saturated carbocycles. The Bertz CT molecular complexity index is 409. The van der Waals surface area contributed by atoms with E-state index < -0.39 is 17.6 Å². The molecular formula is C12H18N2O4. The zero-order valence-corrected chi connectivity index (χ0v) is 10.7. The van der Waals surface area contributed by atoms with Crippen molar-refractivity contribution < 1.29 is 19.5 Å². The van der Waals surface area contributed by atoms with Crippen LogP contribution in [0.1, 0.15) is 32.6 Å². The van der Waals surface area contributed by atoms with Crippen molar-refractivity contribution in [2.24, 2.45) is 0 Å². The van der Waals surface area contributed by atoms with Crippen LogP contribution >= 0.6 is 0 Å². The number of carboxylic acids is 1. The Morgan fingerprint density at radius 2 is 2.06 bits per heavy atom. The molecule has 2 unspecified atom stereocenters. The lowest BCUT2D eigenvalue weighted by Gasteiger charge is -2.43. The number of carbonyl (C=O) groups is 3. The van der Waals surface area contributed by atoms with E-state index in [0.717, 1.165) is 17.7 Å². The van der Waals surface area contributed by atoms with E-state index >= 15 is 0 Å². The van der Waals surface area contributed by atoms with Crippen molar-refractivity contribution in [3.8, 4) is 0 Å². The maximum Gasteiger partial charge on any atom is 0.323 e. The molecule has 0 aromatic carbocycles. The number of hydrogen-bond donors (Lipinski definition) is 1. The van der Waals surface area contributed by atoms with Crippen LogP contribution in [-0.4, -0.2) is 57.9 Å². The number of hydrogen-bond acceptors (Lipinski definition) is 4. The number of carbonyl (C=O) groups excluding carboxylic acids is 2. The molecule has 2 atom stereocenters. The van der Waals surface area contributed by atoms with Gasteiger partial charge in [-0.25, -0.2) is 0 Å². The quantitative estimate of drug-likeness (QED) is 0.706. The number of carboxylic acid groups (broad SMARTS) is 1. The van der Waals surface area contributed by atoms with Crippen molar-refractivity contribution in [3.63, 3.8) is 0 Å². The number of nitrogens with zero attached hydrogens (tertiary/aromatic N) is 2. The molecule has 0 spiro atoms. The summed E-state index contributed by atoms with van der Waals surface area (Å²) < 4.78 is 0. The first-order valence-corrected chi connectivity index (χ1v) is 6.18. The molecule has 0 radical (unpaired) electrons. The van der Waals surface area contributed by atoms with Crippen LogP contribution < -0.4 is 0 Å². The Hall–Kier alpha value is -1.43. The maximum absolute atomic E-state index is 12.0. The molecule has 1 N–H and O–H groups in total. The van der Waals surface area contributed by atoms with Gasteiger partial charge in [0.25, 0.3) is 0 Å². The van der Waals surface area contributed by atoms with E-state index in [1.165, 1.54) is 7.05 Å². The number of imide groups is 1. The van der Waals surface area contributed by atoms with E-state index in [-0.39, 0.29) is 18.2 Å². The second-order valence-electron chi connectivity index (χ2n) is 5.24. The smallest absolute Gasteiger partial charge is 0.323 e. The fourth-order valence-corrected chi connectivity index (χ4v) is 2.85. The van der Waals surface area contributed by atoms with E-state index in [2.05, 4.69) is 0 Å². The second kappa shape index (κ2) is 4.35. The van der Waals surface area contributed by atoms with Crippen LogP contribution in [0.2, 0.25) is 0 Å². The fraction of sp³-hybridized carbons (Fsp3) is 0.750. The van der Waals surface area contributed by atoms with Crippen LogP contribution in [0.3, 0.4) is 0 Å². The van der Waals surface area contributed by atoms with Crippen molar-refractivity contribution in [1.82, 2.24) is 9.80 Å². The van der Waals surface area contributed by atoms with Gasteiger partial charge in [0.1, 0.15) is 5.54 Å². The molecule has 0 aromatic heterocycles. The highest BCUT2D eigenvalue weighted by Crippen LogP contribution is 2.33.